The largest absolute Gasteiger partial charge is 0.317 e. The van der Waals surface area contributed by atoms with Crippen LogP contribution in [0, 0.1) is 12.8 Å². The molecule has 1 aliphatic carbocycles. The van der Waals surface area contributed by atoms with E-state index in [1.54, 1.807) is 0 Å². The molecule has 0 radical (unpaired) electrons. The van der Waals surface area contributed by atoms with Crippen molar-refractivity contribution >= 4 is 0 Å². The molecule has 0 saturated heterocycles. The molecule has 1 aliphatic rings. The van der Waals surface area contributed by atoms with Crippen molar-refractivity contribution in [3.63, 3.8) is 0 Å². The zero-order valence-corrected chi connectivity index (χ0v) is 12.7. The lowest BCUT2D eigenvalue weighted by molar-refractivity contribution is 0.211. The maximum atomic E-state index is 3.41. The van der Waals surface area contributed by atoms with E-state index in [1.165, 1.54) is 43.4 Å². The average Bonchev–Trinajstić information content (AvgIpc) is 2.42. The van der Waals surface area contributed by atoms with Crippen molar-refractivity contribution in [2.75, 3.05) is 20.6 Å². The molecule has 0 atom stereocenters. The molecule has 1 aromatic rings. The number of nitrogens with one attached hydrogen (secondary N) is 1. The fraction of sp³-hybridized carbons (Fsp3) is 0.647. The lowest BCUT2D eigenvalue weighted by Crippen LogP contribution is -2.34. The minimum absolute atomic E-state index is 0.762. The van der Waals surface area contributed by atoms with Crippen molar-refractivity contribution in [3.05, 3.63) is 35.4 Å². The SMILES string of the molecule is CNC1CCC(CN(C)Cc2ccccc2C)CC1. The minimum atomic E-state index is 0.762. The summed E-state index contributed by atoms with van der Waals surface area (Å²) in [6.07, 6.45) is 5.45. The van der Waals surface area contributed by atoms with E-state index < -0.39 is 0 Å². The molecule has 0 unspecified atom stereocenters. The first kappa shape index (κ1) is 14.5. The number of aryl methyl sites for hydroxylation is 1. The third-order valence-corrected chi connectivity index (χ3v) is 4.53. The van der Waals surface area contributed by atoms with Gasteiger partial charge in [-0.05, 0) is 63.7 Å². The van der Waals surface area contributed by atoms with Crippen molar-refractivity contribution in [3.8, 4) is 0 Å². The maximum Gasteiger partial charge on any atom is 0.0233 e. The molecule has 1 N–H and O–H groups in total. The Labute approximate surface area is 118 Å². The Balaban J connectivity index is 1.79. The summed E-state index contributed by atoms with van der Waals surface area (Å²) in [4.78, 5) is 2.49. The average molecular weight is 260 g/mol. The summed E-state index contributed by atoms with van der Waals surface area (Å²) in [5.41, 5.74) is 2.88. The fourth-order valence-corrected chi connectivity index (χ4v) is 3.22. The topological polar surface area (TPSA) is 15.3 Å². The number of rotatable bonds is 5. The smallest absolute Gasteiger partial charge is 0.0233 e. The van der Waals surface area contributed by atoms with Gasteiger partial charge in [-0.3, -0.25) is 0 Å². The highest BCUT2D eigenvalue weighted by molar-refractivity contribution is 5.25. The summed E-state index contributed by atoms with van der Waals surface area (Å²) in [6.45, 7) is 4.53. The number of hydrogen-bond acceptors (Lipinski definition) is 2. The highest BCUT2D eigenvalue weighted by Crippen LogP contribution is 2.25. The molecule has 2 rings (SSSR count). The number of nitrogens with zero attached hydrogens (tertiary/aromatic N) is 1. The van der Waals surface area contributed by atoms with E-state index in [0.717, 1.165) is 18.5 Å². The highest BCUT2D eigenvalue weighted by atomic mass is 15.1. The second-order valence-corrected chi connectivity index (χ2v) is 6.13. The van der Waals surface area contributed by atoms with Gasteiger partial charge in [-0.15, -0.1) is 0 Å². The predicted molar refractivity (Wildman–Crippen MR) is 82.3 cm³/mol. The van der Waals surface area contributed by atoms with E-state index in [2.05, 4.69) is 55.5 Å². The standard InChI is InChI=1S/C17H28N2/c1-14-6-4-5-7-16(14)13-19(3)12-15-8-10-17(18-2)11-9-15/h4-7,15,17-18H,8-13H2,1-3H3. The normalized spacial score (nSPS) is 23.8. The van der Waals surface area contributed by atoms with E-state index in [0.29, 0.717) is 0 Å². The third-order valence-electron chi connectivity index (χ3n) is 4.53. The van der Waals surface area contributed by atoms with E-state index in [4.69, 9.17) is 0 Å². The van der Waals surface area contributed by atoms with Gasteiger partial charge in [0.2, 0.25) is 0 Å². The Morgan fingerprint density at radius 2 is 1.84 bits per heavy atom. The fourth-order valence-electron chi connectivity index (χ4n) is 3.22. The van der Waals surface area contributed by atoms with E-state index in [-0.39, 0.29) is 0 Å². The van der Waals surface area contributed by atoms with Crippen molar-refractivity contribution in [2.45, 2.75) is 45.2 Å². The van der Waals surface area contributed by atoms with Crippen molar-refractivity contribution < 1.29 is 0 Å². The lowest BCUT2D eigenvalue weighted by Gasteiger charge is -2.31. The van der Waals surface area contributed by atoms with Gasteiger partial charge in [0, 0.05) is 19.1 Å². The zero-order chi connectivity index (χ0) is 13.7. The zero-order valence-electron chi connectivity index (χ0n) is 12.7. The first-order valence-electron chi connectivity index (χ1n) is 7.59. The van der Waals surface area contributed by atoms with E-state index >= 15 is 0 Å². The molecule has 0 aromatic heterocycles. The van der Waals surface area contributed by atoms with E-state index in [1.807, 2.05) is 0 Å². The summed E-state index contributed by atoms with van der Waals surface area (Å²) in [6, 6.07) is 9.50. The number of benzene rings is 1. The van der Waals surface area contributed by atoms with Gasteiger partial charge in [-0.2, -0.15) is 0 Å². The summed E-state index contributed by atoms with van der Waals surface area (Å²) in [5.74, 6) is 0.888. The molecule has 1 saturated carbocycles. The van der Waals surface area contributed by atoms with Crippen LogP contribution in [0.2, 0.25) is 0 Å². The van der Waals surface area contributed by atoms with Crippen LogP contribution >= 0.6 is 0 Å². The summed E-state index contributed by atoms with van der Waals surface area (Å²) < 4.78 is 0. The van der Waals surface area contributed by atoms with Crippen LogP contribution in [0.15, 0.2) is 24.3 Å². The van der Waals surface area contributed by atoms with Crippen molar-refractivity contribution in [2.24, 2.45) is 5.92 Å². The van der Waals surface area contributed by atoms with Gasteiger partial charge in [0.25, 0.3) is 0 Å². The van der Waals surface area contributed by atoms with Crippen LogP contribution in [-0.2, 0) is 6.54 Å². The minimum Gasteiger partial charge on any atom is -0.317 e. The Kier molecular flexibility index (Phi) is 5.41. The number of hydrogen-bond donors (Lipinski definition) is 1. The molecule has 1 aromatic carbocycles. The molecule has 1 fully saturated rings. The summed E-state index contributed by atoms with van der Waals surface area (Å²) >= 11 is 0. The quantitative estimate of drug-likeness (QED) is 0.874. The molecule has 0 aliphatic heterocycles. The van der Waals surface area contributed by atoms with Gasteiger partial charge in [0.1, 0.15) is 0 Å². The maximum absolute atomic E-state index is 3.41. The summed E-state index contributed by atoms with van der Waals surface area (Å²) in [5, 5.41) is 3.41. The van der Waals surface area contributed by atoms with Gasteiger partial charge in [-0.1, -0.05) is 24.3 Å². The van der Waals surface area contributed by atoms with Crippen LogP contribution < -0.4 is 5.32 Å². The van der Waals surface area contributed by atoms with Gasteiger partial charge in [0.15, 0.2) is 0 Å². The van der Waals surface area contributed by atoms with Gasteiger partial charge in [0.05, 0.1) is 0 Å². The third kappa shape index (κ3) is 4.32. The Hall–Kier alpha value is -0.860. The molecular weight excluding hydrogens is 232 g/mol. The van der Waals surface area contributed by atoms with Gasteiger partial charge < -0.3 is 10.2 Å². The van der Waals surface area contributed by atoms with Crippen LogP contribution in [-0.4, -0.2) is 31.6 Å². The molecule has 0 bridgehead atoms. The monoisotopic (exact) mass is 260 g/mol. The van der Waals surface area contributed by atoms with Crippen LogP contribution in [0.1, 0.15) is 36.8 Å². The Morgan fingerprint density at radius 3 is 2.47 bits per heavy atom. The van der Waals surface area contributed by atoms with Crippen LogP contribution in [0.3, 0.4) is 0 Å². The molecule has 0 heterocycles. The van der Waals surface area contributed by atoms with Crippen LogP contribution in [0.25, 0.3) is 0 Å². The second kappa shape index (κ2) is 7.06. The molecule has 2 nitrogen and oxygen atoms in total. The predicted octanol–water partition coefficient (Wildman–Crippen LogP) is 3.21. The van der Waals surface area contributed by atoms with Gasteiger partial charge in [-0.25, -0.2) is 0 Å². The first-order valence-corrected chi connectivity index (χ1v) is 7.59. The molecule has 2 heteroatoms. The highest BCUT2D eigenvalue weighted by Gasteiger charge is 2.21. The second-order valence-electron chi connectivity index (χ2n) is 6.13. The molecule has 0 amide bonds. The Bertz CT molecular complexity index is 381. The van der Waals surface area contributed by atoms with Crippen LogP contribution in [0.4, 0.5) is 0 Å². The van der Waals surface area contributed by atoms with Crippen molar-refractivity contribution in [1.29, 1.82) is 0 Å². The first-order chi connectivity index (χ1) is 9.19. The van der Waals surface area contributed by atoms with E-state index in [9.17, 15) is 0 Å². The Morgan fingerprint density at radius 1 is 1.16 bits per heavy atom. The van der Waals surface area contributed by atoms with Gasteiger partial charge >= 0.3 is 0 Å². The molecule has 0 spiro atoms. The lowest BCUT2D eigenvalue weighted by atomic mass is 9.86. The van der Waals surface area contributed by atoms with Crippen molar-refractivity contribution in [1.82, 2.24) is 10.2 Å². The van der Waals surface area contributed by atoms with Crippen LogP contribution in [0.5, 0.6) is 0 Å². The molecular formula is C17H28N2. The summed E-state index contributed by atoms with van der Waals surface area (Å²) in [7, 11) is 4.35. The molecule has 106 valence electrons. The molecule has 19 heavy (non-hydrogen) atoms.